The molecule has 2 rings (SSSR count). The van der Waals surface area contributed by atoms with Gasteiger partial charge in [-0.15, -0.1) is 0 Å². The molecule has 68 valence electrons. The summed E-state index contributed by atoms with van der Waals surface area (Å²) in [4.78, 5) is 0.644. The Labute approximate surface area is 83.0 Å². The Morgan fingerprint density at radius 3 is 3.00 bits per heavy atom. The first-order valence-electron chi connectivity index (χ1n) is 3.57. The summed E-state index contributed by atoms with van der Waals surface area (Å²) in [6.45, 7) is 0. The van der Waals surface area contributed by atoms with E-state index < -0.39 is 11.0 Å². The molecule has 13 heavy (non-hydrogen) atoms. The van der Waals surface area contributed by atoms with E-state index in [1.165, 1.54) is 0 Å². The molecule has 0 aromatic heterocycles. The lowest BCUT2D eigenvalue weighted by Crippen LogP contribution is -1.91. The lowest BCUT2D eigenvalue weighted by atomic mass is 10.2. The van der Waals surface area contributed by atoms with Crippen LogP contribution in [0.3, 0.4) is 0 Å². The summed E-state index contributed by atoms with van der Waals surface area (Å²) in [5.74, 6) is 0.686. The molecule has 0 bridgehead atoms. The molecule has 1 aliphatic heterocycles. The number of hydrogen-bond acceptors (Lipinski definition) is 2. The monoisotopic (exact) mass is 215 g/mol. The van der Waals surface area contributed by atoms with Crippen LogP contribution in [0.15, 0.2) is 27.5 Å². The zero-order chi connectivity index (χ0) is 9.42. The van der Waals surface area contributed by atoms with Gasteiger partial charge >= 0.3 is 0 Å². The molecule has 0 saturated heterocycles. The summed E-state index contributed by atoms with van der Waals surface area (Å²) in [6, 6.07) is 5.18. The summed E-state index contributed by atoms with van der Waals surface area (Å²) in [6.07, 6.45) is 0. The Kier molecular flexibility index (Phi) is 2.09. The van der Waals surface area contributed by atoms with Crippen molar-refractivity contribution in [2.24, 2.45) is 4.40 Å². The van der Waals surface area contributed by atoms with Crippen LogP contribution in [0.4, 0.5) is 0 Å². The quantitative estimate of drug-likeness (QED) is 0.716. The molecule has 1 atom stereocenters. The van der Waals surface area contributed by atoms with Crippen molar-refractivity contribution in [2.75, 3.05) is 7.11 Å². The summed E-state index contributed by atoms with van der Waals surface area (Å²) < 4.78 is 20.0. The van der Waals surface area contributed by atoms with E-state index in [2.05, 4.69) is 4.40 Å². The number of methoxy groups -OCH3 is 1. The number of rotatable bonds is 1. The number of nitrogens with zero attached hydrogens (tertiary/aromatic N) is 1. The Bertz CT molecular complexity index is 417. The fourth-order valence-electron chi connectivity index (χ4n) is 1.12. The molecule has 0 saturated carbocycles. The molecule has 0 radical (unpaired) electrons. The molecule has 0 aliphatic carbocycles. The molecule has 5 heteroatoms. The summed E-state index contributed by atoms with van der Waals surface area (Å²) in [7, 11) is 0.230. The van der Waals surface area contributed by atoms with Crippen molar-refractivity contribution in [3.63, 3.8) is 0 Å². The first-order valence-corrected chi connectivity index (χ1v) is 5.05. The predicted molar refractivity (Wildman–Crippen MR) is 51.8 cm³/mol. The Morgan fingerprint density at radius 2 is 2.31 bits per heavy atom. The SMILES string of the molecule is COc1ccc2c(c1)C(Cl)=NS2=O. The van der Waals surface area contributed by atoms with Gasteiger partial charge in [0.15, 0.2) is 11.0 Å². The van der Waals surface area contributed by atoms with Gasteiger partial charge in [0, 0.05) is 5.56 Å². The van der Waals surface area contributed by atoms with Crippen LogP contribution in [0.25, 0.3) is 0 Å². The lowest BCUT2D eigenvalue weighted by molar-refractivity contribution is 0.414. The molecule has 1 aromatic rings. The number of ether oxygens (including phenoxy) is 1. The second-order valence-corrected chi connectivity index (χ2v) is 3.97. The maximum absolute atomic E-state index is 11.3. The summed E-state index contributed by atoms with van der Waals surface area (Å²) in [5.41, 5.74) is 0.694. The average Bonchev–Trinajstić information content (AvgIpc) is 2.42. The third-order valence-electron chi connectivity index (χ3n) is 1.76. The van der Waals surface area contributed by atoms with Crippen LogP contribution in [0.2, 0.25) is 0 Å². The Balaban J connectivity index is 2.59. The fourth-order valence-corrected chi connectivity index (χ4v) is 2.39. The van der Waals surface area contributed by atoms with E-state index in [4.69, 9.17) is 16.3 Å². The maximum atomic E-state index is 11.3. The second-order valence-electron chi connectivity index (χ2n) is 2.49. The van der Waals surface area contributed by atoms with Gasteiger partial charge in [-0.25, -0.2) is 4.21 Å². The molecule has 0 N–H and O–H groups in total. The standard InChI is InChI=1S/C8H6ClNO2S/c1-12-5-2-3-7-6(4-5)8(9)10-13(7)11/h2-4H,1H3. The van der Waals surface area contributed by atoms with E-state index in [1.54, 1.807) is 25.3 Å². The first kappa shape index (κ1) is 8.72. The highest BCUT2D eigenvalue weighted by Gasteiger charge is 2.20. The largest absolute Gasteiger partial charge is 0.497 e. The molecule has 3 nitrogen and oxygen atoms in total. The van der Waals surface area contributed by atoms with Gasteiger partial charge in [-0.05, 0) is 18.2 Å². The number of hydrogen-bond donors (Lipinski definition) is 0. The molecular weight excluding hydrogens is 210 g/mol. The minimum atomic E-state index is -1.34. The van der Waals surface area contributed by atoms with Crippen molar-refractivity contribution < 1.29 is 8.95 Å². The highest BCUT2D eigenvalue weighted by molar-refractivity contribution is 7.84. The smallest absolute Gasteiger partial charge is 0.174 e. The highest BCUT2D eigenvalue weighted by Crippen LogP contribution is 2.28. The van der Waals surface area contributed by atoms with Crippen LogP contribution in [-0.2, 0) is 11.0 Å². The van der Waals surface area contributed by atoms with Gasteiger partial charge in [-0.2, -0.15) is 4.40 Å². The van der Waals surface area contributed by atoms with Gasteiger partial charge in [0.1, 0.15) is 10.9 Å². The zero-order valence-electron chi connectivity index (χ0n) is 6.78. The zero-order valence-corrected chi connectivity index (χ0v) is 8.35. The fraction of sp³-hybridized carbons (Fsp3) is 0.125. The van der Waals surface area contributed by atoms with Gasteiger partial charge in [-0.1, -0.05) is 11.6 Å². The van der Waals surface area contributed by atoms with E-state index in [-0.39, 0.29) is 5.17 Å². The van der Waals surface area contributed by atoms with Crippen molar-refractivity contribution in [2.45, 2.75) is 4.90 Å². The molecular formula is C8H6ClNO2S. The van der Waals surface area contributed by atoms with E-state index >= 15 is 0 Å². The van der Waals surface area contributed by atoms with Crippen molar-refractivity contribution in [1.82, 2.24) is 0 Å². The molecule has 1 unspecified atom stereocenters. The number of fused-ring (bicyclic) bond motifs is 1. The molecule has 0 amide bonds. The van der Waals surface area contributed by atoms with Crippen LogP contribution < -0.4 is 4.74 Å². The Morgan fingerprint density at radius 1 is 1.54 bits per heavy atom. The normalized spacial score (nSPS) is 19.5. The van der Waals surface area contributed by atoms with E-state index in [0.29, 0.717) is 16.2 Å². The minimum absolute atomic E-state index is 0.284. The first-order chi connectivity index (χ1) is 6.22. The van der Waals surface area contributed by atoms with Gasteiger partial charge < -0.3 is 4.74 Å². The van der Waals surface area contributed by atoms with Gasteiger partial charge in [0.2, 0.25) is 0 Å². The van der Waals surface area contributed by atoms with Crippen LogP contribution >= 0.6 is 11.6 Å². The number of benzene rings is 1. The Hall–Kier alpha value is -0.870. The summed E-state index contributed by atoms with van der Waals surface area (Å²) in [5, 5.41) is 0.284. The molecule has 1 heterocycles. The lowest BCUT2D eigenvalue weighted by Gasteiger charge is -2.01. The van der Waals surface area contributed by atoms with Crippen LogP contribution in [-0.4, -0.2) is 16.5 Å². The third-order valence-corrected chi connectivity index (χ3v) is 3.23. The van der Waals surface area contributed by atoms with Gasteiger partial charge in [0.05, 0.1) is 12.0 Å². The molecule has 0 fully saturated rings. The van der Waals surface area contributed by atoms with E-state index in [0.717, 1.165) is 0 Å². The van der Waals surface area contributed by atoms with Crippen molar-refractivity contribution in [1.29, 1.82) is 0 Å². The van der Waals surface area contributed by atoms with E-state index in [1.807, 2.05) is 0 Å². The summed E-state index contributed by atoms with van der Waals surface area (Å²) >= 11 is 5.77. The maximum Gasteiger partial charge on any atom is 0.174 e. The van der Waals surface area contributed by atoms with Crippen molar-refractivity contribution in [3.8, 4) is 5.75 Å². The highest BCUT2D eigenvalue weighted by atomic mass is 35.5. The second kappa shape index (κ2) is 3.12. The van der Waals surface area contributed by atoms with E-state index in [9.17, 15) is 4.21 Å². The molecule has 1 aromatic carbocycles. The number of halogens is 1. The van der Waals surface area contributed by atoms with Crippen LogP contribution in [0.5, 0.6) is 5.75 Å². The molecule has 1 aliphatic rings. The van der Waals surface area contributed by atoms with Gasteiger partial charge in [-0.3, -0.25) is 0 Å². The third kappa shape index (κ3) is 1.36. The van der Waals surface area contributed by atoms with Crippen molar-refractivity contribution in [3.05, 3.63) is 23.8 Å². The predicted octanol–water partition coefficient (Wildman–Crippen LogP) is 1.72. The van der Waals surface area contributed by atoms with Gasteiger partial charge in [0.25, 0.3) is 0 Å². The van der Waals surface area contributed by atoms with Crippen LogP contribution in [0.1, 0.15) is 5.56 Å². The van der Waals surface area contributed by atoms with Crippen molar-refractivity contribution >= 4 is 27.8 Å². The topological polar surface area (TPSA) is 38.7 Å². The van der Waals surface area contributed by atoms with Crippen LogP contribution in [0, 0.1) is 0 Å². The molecule has 0 spiro atoms. The minimum Gasteiger partial charge on any atom is -0.497 e. The average molecular weight is 216 g/mol.